The highest BCUT2D eigenvalue weighted by Gasteiger charge is 2.17. The summed E-state index contributed by atoms with van der Waals surface area (Å²) in [4.78, 5) is 4.25. The number of oxazole rings is 1. The zero-order valence-electron chi connectivity index (χ0n) is 11.2. The molecule has 0 bridgehead atoms. The molecule has 2 heterocycles. The van der Waals surface area contributed by atoms with Gasteiger partial charge in [0.05, 0.1) is 6.10 Å². The summed E-state index contributed by atoms with van der Waals surface area (Å²) in [6.07, 6.45) is 4.42. The Morgan fingerprint density at radius 2 is 2.35 bits per heavy atom. The number of aromatic nitrogens is 1. The van der Waals surface area contributed by atoms with Crippen LogP contribution < -0.4 is 5.73 Å². The van der Waals surface area contributed by atoms with E-state index in [0.717, 1.165) is 32.3 Å². The molecule has 5 nitrogen and oxygen atoms in total. The van der Waals surface area contributed by atoms with E-state index in [1.165, 1.54) is 0 Å². The Morgan fingerprint density at radius 3 is 3.15 bits per heavy atom. The first-order valence-electron chi connectivity index (χ1n) is 6.88. The Labute approximate surface area is 120 Å². The van der Waals surface area contributed by atoms with Gasteiger partial charge in [-0.15, -0.1) is 0 Å². The highest BCUT2D eigenvalue weighted by molar-refractivity contribution is 7.84. The zero-order valence-corrected chi connectivity index (χ0v) is 12.0. The molecule has 2 aromatic rings. The predicted molar refractivity (Wildman–Crippen MR) is 77.9 cm³/mol. The normalized spacial score (nSPS) is 20.5. The van der Waals surface area contributed by atoms with Crippen LogP contribution in [0.15, 0.2) is 27.8 Å². The maximum Gasteiger partial charge on any atom is 0.287 e. The second-order valence-electron chi connectivity index (χ2n) is 5.03. The van der Waals surface area contributed by atoms with Gasteiger partial charge in [0.15, 0.2) is 5.58 Å². The van der Waals surface area contributed by atoms with Gasteiger partial charge in [-0.2, -0.15) is 0 Å². The fraction of sp³-hybridized carbons (Fsp3) is 0.500. The van der Waals surface area contributed by atoms with E-state index in [9.17, 15) is 4.21 Å². The van der Waals surface area contributed by atoms with E-state index in [0.29, 0.717) is 28.6 Å². The topological polar surface area (TPSA) is 78.3 Å². The number of rotatable bonds is 5. The van der Waals surface area contributed by atoms with Gasteiger partial charge in [0.1, 0.15) is 16.3 Å². The first-order valence-corrected chi connectivity index (χ1v) is 8.20. The summed E-state index contributed by atoms with van der Waals surface area (Å²) in [5, 5.41) is 0.290. The number of nitrogen functional groups attached to an aromatic ring is 1. The maximum atomic E-state index is 12.2. The van der Waals surface area contributed by atoms with Crippen molar-refractivity contribution in [3.05, 3.63) is 18.2 Å². The summed E-state index contributed by atoms with van der Waals surface area (Å²) in [7, 11) is -1.20. The van der Waals surface area contributed by atoms with E-state index >= 15 is 0 Å². The first kappa shape index (κ1) is 13.6. The number of fused-ring (bicyclic) bond motifs is 1. The summed E-state index contributed by atoms with van der Waals surface area (Å²) in [6.45, 7) is 0.861. The molecule has 108 valence electrons. The quantitative estimate of drug-likeness (QED) is 0.857. The van der Waals surface area contributed by atoms with Gasteiger partial charge in [0.25, 0.3) is 5.22 Å². The lowest BCUT2D eigenvalue weighted by Gasteiger charge is -2.07. The monoisotopic (exact) mass is 294 g/mol. The Kier molecular flexibility index (Phi) is 4.03. The molecule has 0 saturated carbocycles. The van der Waals surface area contributed by atoms with Gasteiger partial charge in [-0.05, 0) is 37.8 Å². The van der Waals surface area contributed by atoms with Crippen molar-refractivity contribution in [2.24, 2.45) is 0 Å². The van der Waals surface area contributed by atoms with Crippen LogP contribution in [0.1, 0.15) is 25.7 Å². The molecule has 6 heteroatoms. The van der Waals surface area contributed by atoms with Gasteiger partial charge in [0.2, 0.25) is 0 Å². The standard InChI is InChI=1S/C14H18N2O3S/c15-10-5-6-12-13(9-10)19-14(16-12)20(17)8-2-4-11-3-1-7-18-11/h5-6,9,11H,1-4,7-8,15H2. The molecule has 2 atom stereocenters. The average molecular weight is 294 g/mol. The Balaban J connectivity index is 1.60. The number of nitrogens with two attached hydrogens (primary N) is 1. The molecule has 1 fully saturated rings. The molecule has 20 heavy (non-hydrogen) atoms. The highest BCUT2D eigenvalue weighted by atomic mass is 32.2. The van der Waals surface area contributed by atoms with E-state index in [2.05, 4.69) is 4.98 Å². The largest absolute Gasteiger partial charge is 0.430 e. The molecule has 1 aromatic heterocycles. The van der Waals surface area contributed by atoms with Crippen LogP contribution in [0.2, 0.25) is 0 Å². The predicted octanol–water partition coefficient (Wildman–Crippen LogP) is 2.48. The van der Waals surface area contributed by atoms with Gasteiger partial charge in [0, 0.05) is 24.1 Å². The van der Waals surface area contributed by atoms with Crippen LogP contribution in [-0.2, 0) is 15.5 Å². The number of anilines is 1. The van der Waals surface area contributed by atoms with E-state index in [-0.39, 0.29) is 5.22 Å². The number of benzene rings is 1. The van der Waals surface area contributed by atoms with Crippen molar-refractivity contribution in [2.75, 3.05) is 18.1 Å². The second kappa shape index (κ2) is 5.93. The van der Waals surface area contributed by atoms with E-state index in [1.807, 2.05) is 0 Å². The molecule has 0 radical (unpaired) electrons. The third-order valence-electron chi connectivity index (χ3n) is 3.47. The van der Waals surface area contributed by atoms with Crippen LogP contribution in [0.4, 0.5) is 5.69 Å². The van der Waals surface area contributed by atoms with Gasteiger partial charge >= 0.3 is 0 Å². The molecule has 1 aromatic carbocycles. The molecule has 2 N–H and O–H groups in total. The molecule has 2 unspecified atom stereocenters. The lowest BCUT2D eigenvalue weighted by molar-refractivity contribution is 0.104. The van der Waals surface area contributed by atoms with Crippen LogP contribution in [0.5, 0.6) is 0 Å². The zero-order chi connectivity index (χ0) is 13.9. The number of nitrogens with zero attached hydrogens (tertiary/aromatic N) is 1. The minimum absolute atomic E-state index is 0.290. The summed E-state index contributed by atoms with van der Waals surface area (Å²) >= 11 is 0. The third kappa shape index (κ3) is 3.02. The maximum absolute atomic E-state index is 12.2. The van der Waals surface area contributed by atoms with Gasteiger partial charge in [-0.25, -0.2) is 9.19 Å². The molecular weight excluding hydrogens is 276 g/mol. The van der Waals surface area contributed by atoms with Gasteiger partial charge in [-0.1, -0.05) is 0 Å². The van der Waals surface area contributed by atoms with Crippen LogP contribution in [0.3, 0.4) is 0 Å². The fourth-order valence-electron chi connectivity index (χ4n) is 2.42. The molecule has 0 aliphatic carbocycles. The van der Waals surface area contributed by atoms with Crippen LogP contribution in [0, 0.1) is 0 Å². The minimum Gasteiger partial charge on any atom is -0.430 e. The molecule has 1 saturated heterocycles. The lowest BCUT2D eigenvalue weighted by atomic mass is 10.1. The van der Waals surface area contributed by atoms with Crippen LogP contribution >= 0.6 is 0 Å². The SMILES string of the molecule is Nc1ccc2nc(S(=O)CCCC3CCCO3)oc2c1. The van der Waals surface area contributed by atoms with E-state index in [1.54, 1.807) is 18.2 Å². The average Bonchev–Trinajstić information content (AvgIpc) is 3.06. The van der Waals surface area contributed by atoms with Crippen molar-refractivity contribution in [3.8, 4) is 0 Å². The molecule has 3 rings (SSSR count). The van der Waals surface area contributed by atoms with Crippen molar-refractivity contribution in [1.82, 2.24) is 4.98 Å². The van der Waals surface area contributed by atoms with E-state index in [4.69, 9.17) is 14.9 Å². The molecule has 0 spiro atoms. The van der Waals surface area contributed by atoms with Crippen molar-refractivity contribution >= 4 is 27.6 Å². The van der Waals surface area contributed by atoms with Crippen molar-refractivity contribution < 1.29 is 13.4 Å². The number of ether oxygens (including phenoxy) is 1. The molecule has 1 aliphatic heterocycles. The van der Waals surface area contributed by atoms with E-state index < -0.39 is 10.8 Å². The second-order valence-corrected chi connectivity index (χ2v) is 6.48. The minimum atomic E-state index is -1.20. The summed E-state index contributed by atoms with van der Waals surface area (Å²) in [5.41, 5.74) is 7.58. The summed E-state index contributed by atoms with van der Waals surface area (Å²) in [6, 6.07) is 5.24. The third-order valence-corrected chi connectivity index (χ3v) is 4.69. The van der Waals surface area contributed by atoms with Gasteiger partial charge in [-0.3, -0.25) is 0 Å². The Morgan fingerprint density at radius 1 is 1.45 bits per heavy atom. The molecule has 0 amide bonds. The fourth-order valence-corrected chi connectivity index (χ4v) is 3.41. The van der Waals surface area contributed by atoms with Gasteiger partial charge < -0.3 is 14.9 Å². The molecule has 1 aliphatic rings. The smallest absolute Gasteiger partial charge is 0.287 e. The lowest BCUT2D eigenvalue weighted by Crippen LogP contribution is -2.07. The highest BCUT2D eigenvalue weighted by Crippen LogP contribution is 2.21. The number of hydrogen-bond acceptors (Lipinski definition) is 5. The first-order chi connectivity index (χ1) is 9.72. The summed E-state index contributed by atoms with van der Waals surface area (Å²) < 4.78 is 23.2. The van der Waals surface area contributed by atoms with Crippen LogP contribution in [-0.4, -0.2) is 27.7 Å². The van der Waals surface area contributed by atoms with Crippen molar-refractivity contribution in [3.63, 3.8) is 0 Å². The Bertz CT molecular complexity index is 620. The van der Waals surface area contributed by atoms with Crippen LogP contribution in [0.25, 0.3) is 11.1 Å². The number of hydrogen-bond donors (Lipinski definition) is 1. The summed E-state index contributed by atoms with van der Waals surface area (Å²) in [5.74, 6) is 0.558. The molecular formula is C14H18N2O3S. The Hall–Kier alpha value is -1.40. The van der Waals surface area contributed by atoms with Crippen molar-refractivity contribution in [2.45, 2.75) is 37.0 Å². The van der Waals surface area contributed by atoms with Crippen molar-refractivity contribution in [1.29, 1.82) is 0 Å².